The summed E-state index contributed by atoms with van der Waals surface area (Å²) in [7, 11) is 1.72. The molecule has 0 aromatic heterocycles. The van der Waals surface area contributed by atoms with Crippen LogP contribution in [0.4, 0.5) is 0 Å². The van der Waals surface area contributed by atoms with Gasteiger partial charge < -0.3 is 4.74 Å². The lowest BCUT2D eigenvalue weighted by atomic mass is 9.99. The molecule has 0 amide bonds. The van der Waals surface area contributed by atoms with Crippen molar-refractivity contribution < 1.29 is 9.53 Å². The number of ketones is 1. The van der Waals surface area contributed by atoms with Gasteiger partial charge in [0.1, 0.15) is 5.78 Å². The smallest absolute Gasteiger partial charge is 0.145 e. The van der Waals surface area contributed by atoms with Gasteiger partial charge >= 0.3 is 0 Å². The molecule has 0 radical (unpaired) electrons. The Bertz CT molecular complexity index is 159. The molecular weight excluding hydrogens is 184 g/mol. The first kappa shape index (κ1) is 11.1. The van der Waals surface area contributed by atoms with Crippen molar-refractivity contribution in [3.8, 4) is 0 Å². The zero-order valence-corrected chi connectivity index (χ0v) is 9.07. The predicted octanol–water partition coefficient (Wildman–Crippen LogP) is 2.27. The van der Waals surface area contributed by atoms with Crippen molar-refractivity contribution in [1.29, 1.82) is 0 Å². The summed E-state index contributed by atoms with van der Waals surface area (Å²) in [6.45, 7) is 0.813. The van der Waals surface area contributed by atoms with E-state index in [0.29, 0.717) is 11.0 Å². The molecule has 1 fully saturated rings. The monoisotopic (exact) mass is 202 g/mol. The lowest BCUT2D eigenvalue weighted by Crippen LogP contribution is -2.21. The predicted molar refractivity (Wildman–Crippen MR) is 56.2 cm³/mol. The van der Waals surface area contributed by atoms with Crippen LogP contribution in [0.3, 0.4) is 0 Å². The van der Waals surface area contributed by atoms with Crippen molar-refractivity contribution in [1.82, 2.24) is 0 Å². The van der Waals surface area contributed by atoms with E-state index in [1.165, 1.54) is 6.42 Å². The molecule has 2 nitrogen and oxygen atoms in total. The van der Waals surface area contributed by atoms with Crippen molar-refractivity contribution in [3.63, 3.8) is 0 Å². The van der Waals surface area contributed by atoms with Crippen molar-refractivity contribution in [2.45, 2.75) is 37.4 Å². The van der Waals surface area contributed by atoms with Crippen LogP contribution in [0.25, 0.3) is 0 Å². The van der Waals surface area contributed by atoms with Gasteiger partial charge in [0.2, 0.25) is 0 Å². The van der Waals surface area contributed by atoms with Crippen molar-refractivity contribution in [2.24, 2.45) is 0 Å². The second-order valence-corrected chi connectivity index (χ2v) is 4.73. The number of Topliss-reactive ketones (excluding diaryl/α,β-unsaturated/α-hetero) is 1. The van der Waals surface area contributed by atoms with Gasteiger partial charge in [-0.1, -0.05) is 6.42 Å². The van der Waals surface area contributed by atoms with Crippen LogP contribution >= 0.6 is 11.8 Å². The highest BCUT2D eigenvalue weighted by Crippen LogP contribution is 2.25. The summed E-state index contributed by atoms with van der Waals surface area (Å²) >= 11 is 1.82. The topological polar surface area (TPSA) is 26.3 Å². The first-order valence-corrected chi connectivity index (χ1v) is 6.02. The van der Waals surface area contributed by atoms with Crippen molar-refractivity contribution in [3.05, 3.63) is 0 Å². The molecule has 76 valence electrons. The molecule has 0 aliphatic heterocycles. The molecule has 0 aromatic rings. The molecule has 0 heterocycles. The number of ether oxygens (including phenoxy) is 1. The second kappa shape index (κ2) is 6.44. The Morgan fingerprint density at radius 1 is 1.54 bits per heavy atom. The lowest BCUT2D eigenvalue weighted by molar-refractivity contribution is -0.119. The van der Waals surface area contributed by atoms with E-state index in [0.717, 1.165) is 38.0 Å². The minimum Gasteiger partial charge on any atom is -0.385 e. The van der Waals surface area contributed by atoms with Gasteiger partial charge in [0.25, 0.3) is 0 Å². The molecule has 1 aliphatic carbocycles. The van der Waals surface area contributed by atoms with E-state index in [4.69, 9.17) is 4.74 Å². The summed E-state index contributed by atoms with van der Waals surface area (Å²) in [6.07, 6.45) is 5.30. The highest BCUT2D eigenvalue weighted by atomic mass is 32.2. The summed E-state index contributed by atoms with van der Waals surface area (Å²) in [5.74, 6) is 1.53. The van der Waals surface area contributed by atoms with Crippen molar-refractivity contribution in [2.75, 3.05) is 19.5 Å². The largest absolute Gasteiger partial charge is 0.385 e. The van der Waals surface area contributed by atoms with Crippen LogP contribution in [0, 0.1) is 0 Å². The highest BCUT2D eigenvalue weighted by molar-refractivity contribution is 8.00. The van der Waals surface area contributed by atoms with E-state index in [-0.39, 0.29) is 0 Å². The van der Waals surface area contributed by atoms with Gasteiger partial charge in [-0.05, 0) is 25.0 Å². The van der Waals surface area contributed by atoms with Gasteiger partial charge in [-0.25, -0.2) is 0 Å². The summed E-state index contributed by atoms with van der Waals surface area (Å²) in [5.41, 5.74) is 0. The van der Waals surface area contributed by atoms with E-state index < -0.39 is 0 Å². The molecule has 3 heteroatoms. The number of methoxy groups -OCH3 is 1. The first-order chi connectivity index (χ1) is 6.34. The van der Waals surface area contributed by atoms with Crippen LogP contribution in [0.1, 0.15) is 32.1 Å². The average Bonchev–Trinajstić information content (AvgIpc) is 2.15. The van der Waals surface area contributed by atoms with Gasteiger partial charge in [0.15, 0.2) is 0 Å². The van der Waals surface area contributed by atoms with Crippen LogP contribution in [0.2, 0.25) is 0 Å². The highest BCUT2D eigenvalue weighted by Gasteiger charge is 2.21. The zero-order valence-electron chi connectivity index (χ0n) is 8.25. The van der Waals surface area contributed by atoms with Gasteiger partial charge in [-0.15, -0.1) is 0 Å². The third kappa shape index (κ3) is 4.14. The van der Waals surface area contributed by atoms with Gasteiger partial charge in [0.05, 0.1) is 5.25 Å². The maximum absolute atomic E-state index is 11.4. The number of carbonyl (C=O) groups excluding carboxylic acids is 1. The molecular formula is C10H18O2S. The standard InChI is InChI=1S/C10H18O2S/c1-12-7-4-8-13-10-6-3-2-5-9(10)11/h10H,2-8H2,1H3. The molecule has 0 N–H and O–H groups in total. The minimum absolute atomic E-state index is 0.297. The number of carbonyl (C=O) groups is 1. The molecule has 0 aromatic carbocycles. The Morgan fingerprint density at radius 3 is 3.08 bits per heavy atom. The summed E-state index contributed by atoms with van der Waals surface area (Å²) in [6, 6.07) is 0. The normalized spacial score (nSPS) is 23.5. The number of rotatable bonds is 5. The Balaban J connectivity index is 2.08. The van der Waals surface area contributed by atoms with Crippen LogP contribution in [-0.4, -0.2) is 30.5 Å². The SMILES string of the molecule is COCCCSC1CCCCC1=O. The number of hydrogen-bond acceptors (Lipinski definition) is 3. The van der Waals surface area contributed by atoms with Crippen LogP contribution in [-0.2, 0) is 9.53 Å². The fourth-order valence-electron chi connectivity index (χ4n) is 1.56. The van der Waals surface area contributed by atoms with Crippen molar-refractivity contribution >= 4 is 17.5 Å². The molecule has 0 saturated heterocycles. The van der Waals surface area contributed by atoms with E-state index >= 15 is 0 Å². The lowest BCUT2D eigenvalue weighted by Gasteiger charge is -2.19. The Kier molecular flexibility index (Phi) is 5.47. The number of hydrogen-bond donors (Lipinski definition) is 0. The molecule has 1 unspecified atom stereocenters. The van der Waals surface area contributed by atoms with E-state index in [1.54, 1.807) is 7.11 Å². The second-order valence-electron chi connectivity index (χ2n) is 3.42. The fraction of sp³-hybridized carbons (Fsp3) is 0.900. The number of thioether (sulfide) groups is 1. The maximum Gasteiger partial charge on any atom is 0.145 e. The molecule has 0 bridgehead atoms. The molecule has 1 saturated carbocycles. The molecule has 1 rings (SSSR count). The van der Waals surface area contributed by atoms with E-state index in [1.807, 2.05) is 11.8 Å². The van der Waals surface area contributed by atoms with Gasteiger partial charge in [0, 0.05) is 20.1 Å². The van der Waals surface area contributed by atoms with Crippen LogP contribution in [0.15, 0.2) is 0 Å². The van der Waals surface area contributed by atoms with Gasteiger partial charge in [-0.3, -0.25) is 4.79 Å². The molecule has 1 aliphatic rings. The average molecular weight is 202 g/mol. The molecule has 0 spiro atoms. The van der Waals surface area contributed by atoms with Crippen LogP contribution < -0.4 is 0 Å². The first-order valence-electron chi connectivity index (χ1n) is 4.98. The quantitative estimate of drug-likeness (QED) is 0.640. The Morgan fingerprint density at radius 2 is 2.38 bits per heavy atom. The van der Waals surface area contributed by atoms with E-state index in [9.17, 15) is 4.79 Å². The molecule has 13 heavy (non-hydrogen) atoms. The van der Waals surface area contributed by atoms with Gasteiger partial charge in [-0.2, -0.15) is 11.8 Å². The fourth-order valence-corrected chi connectivity index (χ4v) is 2.76. The molecule has 1 atom stereocenters. The third-order valence-electron chi connectivity index (χ3n) is 2.31. The third-order valence-corrected chi connectivity index (χ3v) is 3.74. The Labute approximate surface area is 84.4 Å². The zero-order chi connectivity index (χ0) is 9.52. The summed E-state index contributed by atoms with van der Waals surface area (Å²) in [4.78, 5) is 11.4. The van der Waals surface area contributed by atoms with E-state index in [2.05, 4.69) is 0 Å². The Hall–Kier alpha value is -0.0200. The maximum atomic E-state index is 11.4. The van der Waals surface area contributed by atoms with Crippen LogP contribution in [0.5, 0.6) is 0 Å². The minimum atomic E-state index is 0.297. The summed E-state index contributed by atoms with van der Waals surface area (Å²) < 4.78 is 4.96. The summed E-state index contributed by atoms with van der Waals surface area (Å²) in [5, 5.41) is 0.297.